The summed E-state index contributed by atoms with van der Waals surface area (Å²) in [6, 6.07) is 33.3. The summed E-state index contributed by atoms with van der Waals surface area (Å²) in [6.07, 6.45) is 5.42. The molecule has 3 heteroatoms. The van der Waals surface area contributed by atoms with E-state index in [0.29, 0.717) is 18.0 Å². The Morgan fingerprint density at radius 1 is 0.818 bits per heavy atom. The quantitative estimate of drug-likeness (QED) is 0.519. The van der Waals surface area contributed by atoms with Crippen molar-refractivity contribution in [3.05, 3.63) is 102 Å². The van der Waals surface area contributed by atoms with E-state index in [4.69, 9.17) is 4.74 Å². The largest absolute Gasteiger partial charge is 0.496 e. The van der Waals surface area contributed by atoms with Gasteiger partial charge in [-0.2, -0.15) is 0 Å². The Hall–Kier alpha value is -2.62. The summed E-state index contributed by atoms with van der Waals surface area (Å²) >= 11 is 0. The fourth-order valence-corrected chi connectivity index (χ4v) is 7.15. The van der Waals surface area contributed by atoms with Gasteiger partial charge in [-0.15, -0.1) is 0 Å². The highest BCUT2D eigenvalue weighted by Crippen LogP contribution is 2.52. The number of nitrogens with one attached hydrogen (secondary N) is 1. The lowest BCUT2D eigenvalue weighted by Gasteiger charge is -2.58. The van der Waals surface area contributed by atoms with Gasteiger partial charge in [0.15, 0.2) is 0 Å². The van der Waals surface area contributed by atoms with Crippen molar-refractivity contribution in [3.8, 4) is 5.75 Å². The summed E-state index contributed by atoms with van der Waals surface area (Å²) in [5, 5.41) is 4.06. The van der Waals surface area contributed by atoms with Crippen LogP contribution in [-0.4, -0.2) is 36.2 Å². The highest BCUT2D eigenvalue weighted by atomic mass is 16.5. The molecule has 4 atom stereocenters. The second kappa shape index (κ2) is 8.96. The van der Waals surface area contributed by atoms with E-state index in [9.17, 15) is 0 Å². The second-order valence-corrected chi connectivity index (χ2v) is 10.1. The lowest BCUT2D eigenvalue weighted by Crippen LogP contribution is -2.68. The van der Waals surface area contributed by atoms with Crippen LogP contribution in [0, 0.1) is 5.92 Å². The molecule has 0 amide bonds. The average Bonchev–Trinajstić information content (AvgIpc) is 3.17. The number of ether oxygens (including phenoxy) is 1. The Balaban J connectivity index is 1.39. The summed E-state index contributed by atoms with van der Waals surface area (Å²) in [4.78, 5) is 2.94. The van der Waals surface area contributed by atoms with E-state index in [-0.39, 0.29) is 0 Å². The van der Waals surface area contributed by atoms with Crippen molar-refractivity contribution in [2.24, 2.45) is 5.92 Å². The minimum atomic E-state index is 0.369. The molecule has 4 saturated heterocycles. The van der Waals surface area contributed by atoms with Crippen molar-refractivity contribution in [3.63, 3.8) is 0 Å². The summed E-state index contributed by atoms with van der Waals surface area (Å²) in [5.74, 6) is 2.08. The molecule has 4 aliphatic heterocycles. The van der Waals surface area contributed by atoms with Crippen molar-refractivity contribution >= 4 is 0 Å². The third-order valence-corrected chi connectivity index (χ3v) is 8.43. The molecular weight excluding hydrogens is 404 g/mol. The Morgan fingerprint density at radius 3 is 2.00 bits per heavy atom. The predicted octanol–water partition coefficient (Wildman–Crippen LogP) is 5.61. The first-order valence-corrected chi connectivity index (χ1v) is 12.6. The number of hydrogen-bond acceptors (Lipinski definition) is 3. The molecule has 170 valence electrons. The van der Waals surface area contributed by atoms with Crippen LogP contribution in [0.5, 0.6) is 5.75 Å². The molecule has 4 unspecified atom stereocenters. The Kier molecular flexibility index (Phi) is 5.69. The summed E-state index contributed by atoms with van der Waals surface area (Å²) in [7, 11) is 1.77. The topological polar surface area (TPSA) is 24.5 Å². The third kappa shape index (κ3) is 3.78. The van der Waals surface area contributed by atoms with Crippen molar-refractivity contribution in [1.29, 1.82) is 0 Å². The number of nitrogens with zero attached hydrogens (tertiary/aromatic N) is 1. The van der Waals surface area contributed by atoms with Gasteiger partial charge >= 0.3 is 0 Å². The summed E-state index contributed by atoms with van der Waals surface area (Å²) in [6.45, 7) is 0.848. The molecule has 0 aliphatic carbocycles. The van der Waals surface area contributed by atoms with Gasteiger partial charge in [0.2, 0.25) is 0 Å². The first-order valence-electron chi connectivity index (χ1n) is 12.6. The second-order valence-electron chi connectivity index (χ2n) is 10.1. The van der Waals surface area contributed by atoms with Crippen molar-refractivity contribution in [2.45, 2.75) is 62.3 Å². The van der Waals surface area contributed by atoms with E-state index in [0.717, 1.165) is 30.3 Å². The first kappa shape index (κ1) is 20.9. The van der Waals surface area contributed by atoms with Gasteiger partial charge in [0.05, 0.1) is 7.11 Å². The molecule has 1 N–H and O–H groups in total. The molecule has 0 aromatic heterocycles. The zero-order valence-corrected chi connectivity index (χ0v) is 19.4. The van der Waals surface area contributed by atoms with Crippen molar-refractivity contribution < 1.29 is 4.74 Å². The van der Waals surface area contributed by atoms with Crippen LogP contribution in [0.3, 0.4) is 0 Å². The summed E-state index contributed by atoms with van der Waals surface area (Å²) in [5.41, 5.74) is 4.11. The Labute approximate surface area is 197 Å². The van der Waals surface area contributed by atoms with E-state index in [1.54, 1.807) is 7.11 Å². The maximum Gasteiger partial charge on any atom is 0.123 e. The Morgan fingerprint density at radius 2 is 1.39 bits per heavy atom. The van der Waals surface area contributed by atoms with Crippen molar-refractivity contribution in [1.82, 2.24) is 10.2 Å². The van der Waals surface area contributed by atoms with Crippen LogP contribution in [0.2, 0.25) is 0 Å². The third-order valence-electron chi connectivity index (χ3n) is 8.43. The maximum absolute atomic E-state index is 5.65. The number of benzene rings is 3. The van der Waals surface area contributed by atoms with E-state index >= 15 is 0 Å². The van der Waals surface area contributed by atoms with Gasteiger partial charge in [-0.25, -0.2) is 0 Å². The molecule has 4 aliphatic rings. The first-order chi connectivity index (χ1) is 16.3. The highest BCUT2D eigenvalue weighted by Gasteiger charge is 2.56. The summed E-state index contributed by atoms with van der Waals surface area (Å²) < 4.78 is 5.65. The molecule has 3 nitrogen and oxygen atoms in total. The van der Waals surface area contributed by atoms with Gasteiger partial charge in [-0.1, -0.05) is 78.9 Å². The number of rotatable bonds is 7. The standard InChI is InChI=1S/C30H34N2O/c1-33-27-15-9-8-14-23(27)20-31-29-24-18-25-16-17-26(19-24)32(25)30(29)28(21-10-4-2-5-11-21)22-12-6-3-7-13-22/h2-15,24-26,28-31H,16-20H2,1H3. The normalized spacial score (nSPS) is 30.0. The molecule has 4 fully saturated rings. The number of methoxy groups -OCH3 is 1. The molecular formula is C30H34N2O. The molecule has 33 heavy (non-hydrogen) atoms. The number of para-hydroxylation sites is 1. The van der Waals surface area contributed by atoms with Gasteiger partial charge in [-0.3, -0.25) is 4.90 Å². The van der Waals surface area contributed by atoms with E-state index in [1.807, 2.05) is 0 Å². The maximum atomic E-state index is 5.65. The fourth-order valence-electron chi connectivity index (χ4n) is 7.15. The van der Waals surface area contributed by atoms with Crippen LogP contribution >= 0.6 is 0 Å². The van der Waals surface area contributed by atoms with Crippen LogP contribution in [0.1, 0.15) is 48.3 Å². The van der Waals surface area contributed by atoms with Crippen LogP contribution in [0.15, 0.2) is 84.9 Å². The van der Waals surface area contributed by atoms with Crippen LogP contribution in [0.4, 0.5) is 0 Å². The molecule has 0 saturated carbocycles. The van der Waals surface area contributed by atoms with E-state index < -0.39 is 0 Å². The van der Waals surface area contributed by atoms with E-state index in [1.165, 1.54) is 42.4 Å². The van der Waals surface area contributed by atoms with Crippen LogP contribution in [-0.2, 0) is 6.54 Å². The zero-order chi connectivity index (χ0) is 22.2. The van der Waals surface area contributed by atoms with Gasteiger partial charge in [0.1, 0.15) is 5.75 Å². The van der Waals surface area contributed by atoms with Gasteiger partial charge in [-0.05, 0) is 48.8 Å². The minimum Gasteiger partial charge on any atom is -0.496 e. The predicted molar refractivity (Wildman–Crippen MR) is 134 cm³/mol. The molecule has 3 aromatic carbocycles. The molecule has 7 rings (SSSR count). The van der Waals surface area contributed by atoms with Crippen molar-refractivity contribution in [2.75, 3.05) is 7.11 Å². The number of piperidine rings is 3. The lowest BCUT2D eigenvalue weighted by molar-refractivity contribution is -0.0465. The smallest absolute Gasteiger partial charge is 0.123 e. The molecule has 0 spiro atoms. The van der Waals surface area contributed by atoms with Gasteiger partial charge in [0.25, 0.3) is 0 Å². The van der Waals surface area contributed by atoms with E-state index in [2.05, 4.69) is 95.1 Å². The fraction of sp³-hybridized carbons (Fsp3) is 0.400. The minimum absolute atomic E-state index is 0.369. The average molecular weight is 439 g/mol. The number of fused-ring (bicyclic) bond motifs is 1. The van der Waals surface area contributed by atoms with Crippen LogP contribution < -0.4 is 10.1 Å². The van der Waals surface area contributed by atoms with Crippen LogP contribution in [0.25, 0.3) is 0 Å². The molecule has 4 heterocycles. The highest BCUT2D eigenvalue weighted by molar-refractivity contribution is 5.37. The number of hydrogen-bond donors (Lipinski definition) is 1. The van der Waals surface area contributed by atoms with Gasteiger partial charge < -0.3 is 10.1 Å². The van der Waals surface area contributed by atoms with Gasteiger partial charge in [0, 0.05) is 42.2 Å². The molecule has 4 bridgehead atoms. The zero-order valence-electron chi connectivity index (χ0n) is 19.4. The monoisotopic (exact) mass is 438 g/mol. The SMILES string of the molecule is COc1ccccc1CNC1C2CC3CCC(C2)N3C1C(c1ccccc1)c1ccccc1. The molecule has 3 aromatic rings. The lowest BCUT2D eigenvalue weighted by atomic mass is 9.68. The Bertz CT molecular complexity index is 1020. The molecule has 0 radical (unpaired) electrons.